The molecule has 0 aromatic carbocycles. The molecule has 3 N–H and O–H groups in total. The molecule has 7 nitrogen and oxygen atoms in total. The Morgan fingerprint density at radius 3 is 2.61 bits per heavy atom. The number of hydrogen-bond donors (Lipinski definition) is 3. The number of carboxylic acid groups (broad SMARTS) is 1. The quantitative estimate of drug-likeness (QED) is 0.349. The van der Waals surface area contributed by atoms with E-state index in [-0.39, 0.29) is 17.8 Å². The standard InChI is InChI=1S/C21H25NO6/c1-4-15(20(25)26)12-13(2)8-6-5-7-9-14(3)17(23)16-18-21(27,10-11-28-18)22-19(16)24/h4-9,12,16,18,27H,10-11H2,1-3H3,(H,22,24)(H,25,26)/b7-5+,8-6+,13-12+,14-9+,15-4+/t16-,18-,21+/m1/s1. The van der Waals surface area contributed by atoms with Crippen LogP contribution < -0.4 is 5.32 Å². The molecule has 0 unspecified atom stereocenters. The van der Waals surface area contributed by atoms with E-state index in [1.165, 1.54) is 6.08 Å². The summed E-state index contributed by atoms with van der Waals surface area (Å²) < 4.78 is 5.40. The normalized spacial score (nSPS) is 28.9. The summed E-state index contributed by atoms with van der Waals surface area (Å²) in [6.07, 6.45) is 10.9. The van der Waals surface area contributed by atoms with E-state index in [9.17, 15) is 19.5 Å². The summed E-state index contributed by atoms with van der Waals surface area (Å²) in [7, 11) is 0. The molecule has 0 spiro atoms. The van der Waals surface area contributed by atoms with Crippen molar-refractivity contribution in [2.24, 2.45) is 5.92 Å². The molecule has 7 heteroatoms. The minimum Gasteiger partial charge on any atom is -0.478 e. The van der Waals surface area contributed by atoms with Crippen molar-refractivity contribution in [3.63, 3.8) is 0 Å². The number of fused-ring (bicyclic) bond motifs is 1. The number of hydrogen-bond acceptors (Lipinski definition) is 5. The van der Waals surface area contributed by atoms with Crippen molar-refractivity contribution < 1.29 is 29.3 Å². The molecular formula is C21H25NO6. The first kappa shape index (κ1) is 21.5. The van der Waals surface area contributed by atoms with Crippen molar-refractivity contribution in [3.8, 4) is 0 Å². The molecule has 0 aromatic rings. The van der Waals surface area contributed by atoms with Gasteiger partial charge in [-0.3, -0.25) is 9.59 Å². The molecular weight excluding hydrogens is 362 g/mol. The van der Waals surface area contributed by atoms with Crippen LogP contribution in [0.3, 0.4) is 0 Å². The molecule has 28 heavy (non-hydrogen) atoms. The Bertz CT molecular complexity index is 817. The number of aliphatic hydroxyl groups is 1. The van der Waals surface area contributed by atoms with Crippen LogP contribution >= 0.6 is 0 Å². The number of rotatable bonds is 7. The van der Waals surface area contributed by atoms with E-state index < -0.39 is 29.6 Å². The first-order chi connectivity index (χ1) is 13.2. The number of amides is 1. The first-order valence-electron chi connectivity index (χ1n) is 8.99. The maximum absolute atomic E-state index is 12.6. The molecule has 1 amide bonds. The Labute approximate surface area is 163 Å². The molecule has 0 radical (unpaired) electrons. The van der Waals surface area contributed by atoms with Crippen LogP contribution in [-0.4, -0.2) is 46.3 Å². The van der Waals surface area contributed by atoms with Gasteiger partial charge in [0.15, 0.2) is 11.5 Å². The van der Waals surface area contributed by atoms with Gasteiger partial charge in [0.2, 0.25) is 5.91 Å². The molecule has 2 heterocycles. The second-order valence-electron chi connectivity index (χ2n) is 6.83. The van der Waals surface area contributed by atoms with Gasteiger partial charge in [0.25, 0.3) is 0 Å². The van der Waals surface area contributed by atoms with Gasteiger partial charge in [-0.05, 0) is 32.4 Å². The third-order valence-corrected chi connectivity index (χ3v) is 4.72. The average Bonchev–Trinajstić information content (AvgIpc) is 3.10. The van der Waals surface area contributed by atoms with Crippen molar-refractivity contribution >= 4 is 17.7 Å². The molecule has 150 valence electrons. The summed E-state index contributed by atoms with van der Waals surface area (Å²) in [5, 5.41) is 21.8. The Morgan fingerprint density at radius 2 is 1.96 bits per heavy atom. The number of ketones is 1. The van der Waals surface area contributed by atoms with Crippen LogP contribution in [0.4, 0.5) is 0 Å². The van der Waals surface area contributed by atoms with Crippen LogP contribution in [-0.2, 0) is 19.1 Å². The molecule has 2 rings (SSSR count). The fraction of sp³-hybridized carbons (Fsp3) is 0.381. The molecule has 0 saturated carbocycles. The SMILES string of the molecule is C\C=C(/C=C(C)/C=C/C=C/C=C(\C)C(=O)[C@H]1C(=O)N[C@]2(O)CCO[C@H]12)C(=O)O. The predicted octanol–water partition coefficient (Wildman–Crippen LogP) is 1.81. The largest absolute Gasteiger partial charge is 0.478 e. The highest BCUT2D eigenvalue weighted by molar-refractivity contribution is 6.11. The Balaban J connectivity index is 2.00. The number of aliphatic carboxylic acids is 1. The highest BCUT2D eigenvalue weighted by atomic mass is 16.5. The maximum atomic E-state index is 12.6. The summed E-state index contributed by atoms with van der Waals surface area (Å²) in [4.78, 5) is 35.6. The first-order valence-corrected chi connectivity index (χ1v) is 8.99. The van der Waals surface area contributed by atoms with Gasteiger partial charge in [0.05, 0.1) is 12.2 Å². The lowest BCUT2D eigenvalue weighted by atomic mass is 9.91. The Morgan fingerprint density at radius 1 is 1.25 bits per heavy atom. The zero-order valence-corrected chi connectivity index (χ0v) is 16.1. The van der Waals surface area contributed by atoms with E-state index in [0.29, 0.717) is 12.2 Å². The Kier molecular flexibility index (Phi) is 6.88. The smallest absolute Gasteiger partial charge is 0.335 e. The predicted molar refractivity (Wildman–Crippen MR) is 103 cm³/mol. The van der Waals surface area contributed by atoms with Gasteiger partial charge < -0.3 is 20.3 Å². The van der Waals surface area contributed by atoms with Crippen molar-refractivity contribution in [2.75, 3.05) is 6.61 Å². The lowest BCUT2D eigenvalue weighted by Gasteiger charge is -2.21. The number of carboxylic acids is 1. The zero-order chi connectivity index (χ0) is 20.9. The molecule has 2 aliphatic rings. The van der Waals surface area contributed by atoms with Gasteiger partial charge >= 0.3 is 5.97 Å². The Hall–Kier alpha value is -2.77. The van der Waals surface area contributed by atoms with E-state index in [0.717, 1.165) is 5.57 Å². The average molecular weight is 387 g/mol. The summed E-state index contributed by atoms with van der Waals surface area (Å²) in [5.41, 5.74) is -0.116. The van der Waals surface area contributed by atoms with E-state index in [2.05, 4.69) is 5.32 Å². The number of ether oxygens (including phenoxy) is 1. The van der Waals surface area contributed by atoms with Gasteiger partial charge in [0, 0.05) is 6.42 Å². The molecule has 2 fully saturated rings. The molecule has 2 aliphatic heterocycles. The minimum absolute atomic E-state index is 0.205. The fourth-order valence-electron chi connectivity index (χ4n) is 3.17. The zero-order valence-electron chi connectivity index (χ0n) is 16.1. The van der Waals surface area contributed by atoms with Crippen LogP contribution in [0.15, 0.2) is 59.3 Å². The second kappa shape index (κ2) is 8.95. The summed E-state index contributed by atoms with van der Waals surface area (Å²) in [6.45, 7) is 5.33. The number of Topliss-reactive ketones (excluding diaryl/α,β-unsaturated/α-hetero) is 1. The third kappa shape index (κ3) is 4.74. The highest BCUT2D eigenvalue weighted by Crippen LogP contribution is 2.36. The van der Waals surface area contributed by atoms with E-state index in [1.807, 2.05) is 0 Å². The van der Waals surface area contributed by atoms with E-state index >= 15 is 0 Å². The summed E-state index contributed by atoms with van der Waals surface area (Å²) >= 11 is 0. The minimum atomic E-state index is -1.46. The lowest BCUT2D eigenvalue weighted by Crippen LogP contribution is -2.45. The van der Waals surface area contributed by atoms with E-state index in [4.69, 9.17) is 9.84 Å². The van der Waals surface area contributed by atoms with E-state index in [1.54, 1.807) is 57.2 Å². The van der Waals surface area contributed by atoms with Crippen LogP contribution in [0, 0.1) is 5.92 Å². The van der Waals surface area contributed by atoms with Crippen LogP contribution in [0.5, 0.6) is 0 Å². The topological polar surface area (TPSA) is 113 Å². The maximum Gasteiger partial charge on any atom is 0.335 e. The van der Waals surface area contributed by atoms with Gasteiger partial charge in [-0.2, -0.15) is 0 Å². The van der Waals surface area contributed by atoms with Crippen LogP contribution in [0.1, 0.15) is 27.2 Å². The fourth-order valence-corrected chi connectivity index (χ4v) is 3.17. The number of carbonyl (C=O) groups excluding carboxylic acids is 2. The van der Waals surface area contributed by atoms with Crippen LogP contribution in [0.25, 0.3) is 0 Å². The number of carbonyl (C=O) groups is 3. The van der Waals surface area contributed by atoms with Crippen molar-refractivity contribution in [2.45, 2.75) is 39.0 Å². The van der Waals surface area contributed by atoms with Crippen molar-refractivity contribution in [3.05, 3.63) is 59.3 Å². The number of nitrogens with one attached hydrogen (secondary N) is 1. The van der Waals surface area contributed by atoms with Crippen LogP contribution in [0.2, 0.25) is 0 Å². The monoisotopic (exact) mass is 387 g/mol. The van der Waals surface area contributed by atoms with Crippen molar-refractivity contribution in [1.29, 1.82) is 0 Å². The van der Waals surface area contributed by atoms with Gasteiger partial charge in [-0.25, -0.2) is 4.79 Å². The summed E-state index contributed by atoms with van der Waals surface area (Å²) in [5.74, 6) is -2.94. The van der Waals surface area contributed by atoms with Gasteiger partial charge in [-0.1, -0.05) is 42.0 Å². The molecule has 0 bridgehead atoms. The summed E-state index contributed by atoms with van der Waals surface area (Å²) in [6, 6.07) is 0. The van der Waals surface area contributed by atoms with Crippen molar-refractivity contribution in [1.82, 2.24) is 5.32 Å². The second-order valence-corrected chi connectivity index (χ2v) is 6.83. The van der Waals surface area contributed by atoms with Gasteiger partial charge in [-0.15, -0.1) is 0 Å². The molecule has 3 atom stereocenters. The highest BCUT2D eigenvalue weighted by Gasteiger charge is 2.58. The molecule has 2 saturated heterocycles. The number of allylic oxidation sites excluding steroid dienone is 8. The third-order valence-electron chi connectivity index (χ3n) is 4.72. The molecule has 0 aromatic heterocycles. The van der Waals surface area contributed by atoms with Gasteiger partial charge in [0.1, 0.15) is 12.0 Å². The molecule has 0 aliphatic carbocycles. The lowest BCUT2D eigenvalue weighted by molar-refractivity contribution is -0.134.